The number of esters is 2. The van der Waals surface area contributed by atoms with Gasteiger partial charge in [-0.05, 0) is 30.8 Å². The van der Waals surface area contributed by atoms with Crippen LogP contribution in [0.25, 0.3) is 0 Å². The highest BCUT2D eigenvalue weighted by Crippen LogP contribution is 2.39. The maximum Gasteiger partial charge on any atom is 0.336 e. The highest BCUT2D eigenvalue weighted by Gasteiger charge is 2.29. The van der Waals surface area contributed by atoms with Gasteiger partial charge in [0.05, 0.1) is 17.7 Å². The van der Waals surface area contributed by atoms with E-state index in [2.05, 4.69) is 4.98 Å². The highest BCUT2D eigenvalue weighted by atomic mass is 32.1. The number of unbranched alkanes of at least 4 members (excludes halogenated alkanes) is 3. The molecular weight excluding hydrogens is 396 g/mol. The predicted octanol–water partition coefficient (Wildman–Crippen LogP) is 2.65. The van der Waals surface area contributed by atoms with Gasteiger partial charge in [0.15, 0.2) is 11.5 Å². The zero-order valence-corrected chi connectivity index (χ0v) is 16.4. The molecule has 0 spiro atoms. The molecule has 1 aliphatic rings. The third-order valence-electron chi connectivity index (χ3n) is 4.04. The van der Waals surface area contributed by atoms with Crippen molar-refractivity contribution in [3.63, 3.8) is 0 Å². The number of nitrogens with two attached hydrogens (primary N) is 1. The minimum atomic E-state index is -0.804. The van der Waals surface area contributed by atoms with Crippen molar-refractivity contribution >= 4 is 29.1 Å². The molecule has 3 heterocycles. The Morgan fingerprint density at radius 3 is 2.59 bits per heavy atom. The Kier molecular flexibility index (Phi) is 7.09. The summed E-state index contributed by atoms with van der Waals surface area (Å²) in [5.41, 5.74) is 5.43. The second-order valence-corrected chi connectivity index (χ2v) is 7.11. The lowest BCUT2D eigenvalue weighted by molar-refractivity contribution is -0.133. The van der Waals surface area contributed by atoms with Crippen molar-refractivity contribution in [2.24, 2.45) is 5.73 Å². The number of hydrogen-bond donors (Lipinski definition) is 1. The molecule has 2 aromatic heterocycles. The van der Waals surface area contributed by atoms with E-state index in [1.54, 1.807) is 17.5 Å². The lowest BCUT2D eigenvalue weighted by Crippen LogP contribution is -2.18. The van der Waals surface area contributed by atoms with E-state index in [-0.39, 0.29) is 22.9 Å². The van der Waals surface area contributed by atoms with Gasteiger partial charge in [-0.1, -0.05) is 18.9 Å². The SMILES string of the molecule is NCCCCCCOc1ncc2c(c1C(=O)c1cccs1)OC(=O)/C=C\C(=O)O2. The fraction of sp³-hybridized carbons (Fsp3) is 0.300. The minimum absolute atomic E-state index is 0.0226. The topological polar surface area (TPSA) is 118 Å². The molecular formula is C20H20N2O6S. The van der Waals surface area contributed by atoms with Gasteiger partial charge in [0.25, 0.3) is 0 Å². The number of hydrogen-bond acceptors (Lipinski definition) is 9. The summed E-state index contributed by atoms with van der Waals surface area (Å²) in [6.07, 6.45) is 6.68. The molecule has 0 aromatic carbocycles. The Bertz CT molecular complexity index is 923. The van der Waals surface area contributed by atoms with Crippen LogP contribution in [0.1, 0.15) is 40.9 Å². The molecule has 1 aliphatic heterocycles. The number of carbonyl (C=O) groups excluding carboxylic acids is 3. The summed E-state index contributed by atoms with van der Waals surface area (Å²) in [7, 11) is 0. The van der Waals surface area contributed by atoms with Crippen molar-refractivity contribution in [1.29, 1.82) is 0 Å². The van der Waals surface area contributed by atoms with Crippen molar-refractivity contribution in [3.8, 4) is 17.4 Å². The standard InChI is InChI=1S/C20H20N2O6S/c21-9-3-1-2-4-10-26-20-17(18(25)14-6-5-11-29-14)19-13(12-22-20)27-15(23)7-8-16(24)28-19/h5-8,11-12H,1-4,9-10,21H2/b8-7-. The molecule has 0 aliphatic carbocycles. The van der Waals surface area contributed by atoms with E-state index in [0.29, 0.717) is 18.0 Å². The van der Waals surface area contributed by atoms with Crippen LogP contribution in [-0.2, 0) is 9.59 Å². The molecule has 0 unspecified atom stereocenters. The summed E-state index contributed by atoms with van der Waals surface area (Å²) < 4.78 is 16.1. The fourth-order valence-electron chi connectivity index (χ4n) is 2.66. The molecule has 152 valence electrons. The second kappa shape index (κ2) is 9.94. The molecule has 0 saturated carbocycles. The van der Waals surface area contributed by atoms with E-state index in [9.17, 15) is 14.4 Å². The van der Waals surface area contributed by atoms with Crippen molar-refractivity contribution < 1.29 is 28.6 Å². The summed E-state index contributed by atoms with van der Waals surface area (Å²) in [5, 5.41) is 1.75. The number of nitrogens with zero attached hydrogens (tertiary/aromatic N) is 1. The number of pyridine rings is 1. The molecule has 0 atom stereocenters. The van der Waals surface area contributed by atoms with E-state index >= 15 is 0 Å². The van der Waals surface area contributed by atoms with Gasteiger partial charge >= 0.3 is 11.9 Å². The molecule has 9 heteroatoms. The van der Waals surface area contributed by atoms with Crippen LogP contribution < -0.4 is 19.9 Å². The van der Waals surface area contributed by atoms with Gasteiger partial charge in [-0.2, -0.15) is 0 Å². The van der Waals surface area contributed by atoms with Gasteiger partial charge in [-0.3, -0.25) is 4.79 Å². The fourth-order valence-corrected chi connectivity index (χ4v) is 3.33. The minimum Gasteiger partial charge on any atom is -0.477 e. The number of ether oxygens (including phenoxy) is 3. The third kappa shape index (κ3) is 5.27. The van der Waals surface area contributed by atoms with Crippen LogP contribution in [0.4, 0.5) is 0 Å². The zero-order valence-electron chi connectivity index (χ0n) is 15.6. The van der Waals surface area contributed by atoms with Gasteiger partial charge in [0.1, 0.15) is 5.56 Å². The first kappa shape index (κ1) is 20.7. The Morgan fingerprint density at radius 1 is 1.10 bits per heavy atom. The van der Waals surface area contributed by atoms with Gasteiger partial charge in [0.2, 0.25) is 11.7 Å². The summed E-state index contributed by atoms with van der Waals surface area (Å²) >= 11 is 1.23. The van der Waals surface area contributed by atoms with Gasteiger partial charge in [0, 0.05) is 12.2 Å². The molecule has 3 rings (SSSR count). The summed E-state index contributed by atoms with van der Waals surface area (Å²) in [6, 6.07) is 3.37. The molecule has 0 amide bonds. The van der Waals surface area contributed by atoms with Gasteiger partial charge in [-0.25, -0.2) is 14.6 Å². The number of rotatable bonds is 9. The maximum atomic E-state index is 13.1. The van der Waals surface area contributed by atoms with E-state index in [0.717, 1.165) is 37.8 Å². The first-order chi connectivity index (χ1) is 14.1. The maximum absolute atomic E-state index is 13.1. The van der Waals surface area contributed by atoms with Crippen LogP contribution in [0, 0.1) is 0 Å². The van der Waals surface area contributed by atoms with Crippen LogP contribution in [0.3, 0.4) is 0 Å². The Morgan fingerprint density at radius 2 is 1.86 bits per heavy atom. The van der Waals surface area contributed by atoms with E-state index in [1.165, 1.54) is 17.5 Å². The summed E-state index contributed by atoms with van der Waals surface area (Å²) in [4.78, 5) is 41.4. The summed E-state index contributed by atoms with van der Waals surface area (Å²) in [6.45, 7) is 0.972. The average Bonchev–Trinajstić information content (AvgIpc) is 3.24. The van der Waals surface area contributed by atoms with Crippen LogP contribution in [0.15, 0.2) is 35.9 Å². The molecule has 0 bridgehead atoms. The third-order valence-corrected chi connectivity index (χ3v) is 4.91. The van der Waals surface area contributed by atoms with Crippen molar-refractivity contribution in [2.75, 3.05) is 13.2 Å². The second-order valence-electron chi connectivity index (χ2n) is 6.17. The van der Waals surface area contributed by atoms with Gasteiger partial charge < -0.3 is 19.9 Å². The molecule has 29 heavy (non-hydrogen) atoms. The lowest BCUT2D eigenvalue weighted by Gasteiger charge is -2.17. The van der Waals surface area contributed by atoms with E-state index < -0.39 is 17.7 Å². The Balaban J connectivity index is 1.92. The summed E-state index contributed by atoms with van der Waals surface area (Å²) in [5.74, 6) is -2.29. The lowest BCUT2D eigenvalue weighted by atomic mass is 10.1. The average molecular weight is 416 g/mol. The number of carbonyl (C=O) groups is 3. The molecule has 2 aromatic rings. The molecule has 0 saturated heterocycles. The van der Waals surface area contributed by atoms with Crippen LogP contribution in [0.5, 0.6) is 17.4 Å². The monoisotopic (exact) mass is 416 g/mol. The van der Waals surface area contributed by atoms with Gasteiger partial charge in [-0.15, -0.1) is 11.3 Å². The molecule has 0 fully saturated rings. The van der Waals surface area contributed by atoms with Crippen LogP contribution in [0.2, 0.25) is 0 Å². The van der Waals surface area contributed by atoms with Crippen molar-refractivity contribution in [3.05, 3.63) is 46.3 Å². The molecule has 0 radical (unpaired) electrons. The van der Waals surface area contributed by atoms with Crippen LogP contribution in [-0.4, -0.2) is 35.9 Å². The van der Waals surface area contributed by atoms with Crippen LogP contribution >= 0.6 is 11.3 Å². The first-order valence-corrected chi connectivity index (χ1v) is 10.0. The van der Waals surface area contributed by atoms with Crippen molar-refractivity contribution in [2.45, 2.75) is 25.7 Å². The largest absolute Gasteiger partial charge is 0.477 e. The predicted molar refractivity (Wildman–Crippen MR) is 105 cm³/mol. The number of fused-ring (bicyclic) bond motifs is 1. The highest BCUT2D eigenvalue weighted by molar-refractivity contribution is 7.12. The number of aromatic nitrogens is 1. The number of thiophene rings is 1. The quantitative estimate of drug-likeness (QED) is 0.377. The van der Waals surface area contributed by atoms with E-state index in [4.69, 9.17) is 19.9 Å². The van der Waals surface area contributed by atoms with Crippen molar-refractivity contribution in [1.82, 2.24) is 4.98 Å². The normalized spacial score (nSPS) is 14.2. The molecule has 2 N–H and O–H groups in total. The molecule has 8 nitrogen and oxygen atoms in total. The van der Waals surface area contributed by atoms with E-state index in [1.807, 2.05) is 0 Å². The Labute approximate surface area is 171 Å². The zero-order chi connectivity index (χ0) is 20.6. The number of ketones is 1. The smallest absolute Gasteiger partial charge is 0.336 e. The Hall–Kier alpha value is -3.04. The first-order valence-electron chi connectivity index (χ1n) is 9.16.